The third-order valence-electron chi connectivity index (χ3n) is 3.31. The lowest BCUT2D eigenvalue weighted by molar-refractivity contribution is 0.0952. The van der Waals surface area contributed by atoms with Crippen molar-refractivity contribution < 1.29 is 4.79 Å². The fraction of sp³-hybridized carbons (Fsp3) is 0.333. The first-order valence-corrected chi connectivity index (χ1v) is 6.51. The van der Waals surface area contributed by atoms with Crippen LogP contribution < -0.4 is 5.32 Å². The minimum atomic E-state index is -0.0634. The second kappa shape index (κ2) is 6.18. The van der Waals surface area contributed by atoms with Crippen LogP contribution in [-0.4, -0.2) is 22.6 Å². The summed E-state index contributed by atoms with van der Waals surface area (Å²) < 4.78 is 0. The molecule has 1 amide bonds. The highest BCUT2D eigenvalue weighted by atomic mass is 16.1. The van der Waals surface area contributed by atoms with Crippen LogP contribution in [0.4, 0.5) is 0 Å². The zero-order valence-corrected chi connectivity index (χ0v) is 11.3. The minimum absolute atomic E-state index is 0.0634. The van der Waals surface area contributed by atoms with Gasteiger partial charge in [0.1, 0.15) is 0 Å². The predicted octanol–water partition coefficient (Wildman–Crippen LogP) is 2.64. The molecule has 2 rings (SSSR count). The summed E-state index contributed by atoms with van der Waals surface area (Å²) in [4.78, 5) is 11.9. The zero-order chi connectivity index (χ0) is 13.7. The van der Waals surface area contributed by atoms with Crippen LogP contribution in [-0.2, 0) is 0 Å². The molecule has 2 N–H and O–H groups in total. The second-order valence-corrected chi connectivity index (χ2v) is 4.76. The number of nitrogens with zero attached hydrogens (tertiary/aromatic N) is 1. The van der Waals surface area contributed by atoms with Crippen molar-refractivity contribution in [2.24, 2.45) is 0 Å². The molecule has 1 aromatic carbocycles. The molecule has 2 aromatic rings. The molecule has 4 nitrogen and oxygen atoms in total. The van der Waals surface area contributed by atoms with Crippen molar-refractivity contribution in [3.63, 3.8) is 0 Å². The molecule has 0 aliphatic rings. The summed E-state index contributed by atoms with van der Waals surface area (Å²) in [6.07, 6.45) is 2.48. The van der Waals surface area contributed by atoms with Gasteiger partial charge in [-0.05, 0) is 24.8 Å². The smallest absolute Gasteiger partial charge is 0.254 e. The topological polar surface area (TPSA) is 57.8 Å². The van der Waals surface area contributed by atoms with Crippen molar-refractivity contribution in [3.8, 4) is 0 Å². The Balaban J connectivity index is 1.81. The lowest BCUT2D eigenvalue weighted by Crippen LogP contribution is -2.25. The van der Waals surface area contributed by atoms with Crippen LogP contribution in [0.25, 0.3) is 0 Å². The maximum Gasteiger partial charge on any atom is 0.254 e. The molecule has 0 aliphatic heterocycles. The Bertz CT molecular complexity index is 533. The van der Waals surface area contributed by atoms with E-state index < -0.39 is 0 Å². The van der Waals surface area contributed by atoms with Gasteiger partial charge in [-0.25, -0.2) is 0 Å². The predicted molar refractivity (Wildman–Crippen MR) is 75.1 cm³/mol. The van der Waals surface area contributed by atoms with Crippen LogP contribution in [0.5, 0.6) is 0 Å². The van der Waals surface area contributed by atoms with Gasteiger partial charge >= 0.3 is 0 Å². The molecule has 1 aromatic heterocycles. The lowest BCUT2D eigenvalue weighted by Gasteiger charge is -2.12. The van der Waals surface area contributed by atoms with Gasteiger partial charge in [-0.3, -0.25) is 9.89 Å². The van der Waals surface area contributed by atoms with Gasteiger partial charge < -0.3 is 5.32 Å². The van der Waals surface area contributed by atoms with E-state index in [0.717, 1.165) is 12.1 Å². The van der Waals surface area contributed by atoms with E-state index in [1.165, 1.54) is 5.56 Å². The zero-order valence-electron chi connectivity index (χ0n) is 11.3. The second-order valence-electron chi connectivity index (χ2n) is 4.76. The number of aryl methyl sites for hydroxylation is 1. The van der Waals surface area contributed by atoms with Gasteiger partial charge in [0, 0.05) is 12.2 Å². The molecule has 1 unspecified atom stereocenters. The van der Waals surface area contributed by atoms with E-state index in [1.54, 1.807) is 6.20 Å². The summed E-state index contributed by atoms with van der Waals surface area (Å²) in [6.45, 7) is 4.68. The van der Waals surface area contributed by atoms with Gasteiger partial charge in [0.15, 0.2) is 0 Å². The van der Waals surface area contributed by atoms with Gasteiger partial charge in [0.2, 0.25) is 0 Å². The van der Waals surface area contributed by atoms with Crippen LogP contribution in [0.15, 0.2) is 36.5 Å². The molecule has 0 radical (unpaired) electrons. The number of amides is 1. The van der Waals surface area contributed by atoms with E-state index in [-0.39, 0.29) is 5.91 Å². The molecular weight excluding hydrogens is 238 g/mol. The van der Waals surface area contributed by atoms with Gasteiger partial charge in [0.05, 0.1) is 11.8 Å². The summed E-state index contributed by atoms with van der Waals surface area (Å²) >= 11 is 0. The van der Waals surface area contributed by atoms with Crippen LogP contribution in [0.3, 0.4) is 0 Å². The number of rotatable bonds is 5. The highest BCUT2D eigenvalue weighted by Gasteiger charge is 2.11. The quantitative estimate of drug-likeness (QED) is 0.865. The lowest BCUT2D eigenvalue weighted by atomic mass is 9.98. The van der Waals surface area contributed by atoms with Gasteiger partial charge in [-0.15, -0.1) is 0 Å². The molecule has 0 fully saturated rings. The largest absolute Gasteiger partial charge is 0.352 e. The number of hydrogen-bond donors (Lipinski definition) is 2. The van der Waals surface area contributed by atoms with Gasteiger partial charge in [0.25, 0.3) is 5.91 Å². The number of benzene rings is 1. The molecule has 1 heterocycles. The third kappa shape index (κ3) is 3.44. The van der Waals surface area contributed by atoms with Crippen LogP contribution in [0, 0.1) is 6.92 Å². The minimum Gasteiger partial charge on any atom is -0.352 e. The average Bonchev–Trinajstić information content (AvgIpc) is 2.86. The SMILES string of the molecule is Cc1[nH]ncc1C(=O)NCCC(C)c1ccccc1. The molecule has 0 bridgehead atoms. The maximum absolute atomic E-state index is 11.9. The molecule has 0 saturated carbocycles. The maximum atomic E-state index is 11.9. The Kier molecular flexibility index (Phi) is 4.34. The van der Waals surface area contributed by atoms with Crippen molar-refractivity contribution >= 4 is 5.91 Å². The molecular formula is C15H19N3O. The summed E-state index contributed by atoms with van der Waals surface area (Å²) in [6, 6.07) is 10.3. The van der Waals surface area contributed by atoms with Crippen LogP contribution in [0.1, 0.15) is 40.9 Å². The molecule has 19 heavy (non-hydrogen) atoms. The fourth-order valence-electron chi connectivity index (χ4n) is 2.03. The van der Waals surface area contributed by atoms with Crippen molar-refractivity contribution in [1.82, 2.24) is 15.5 Å². The Morgan fingerprint density at radius 1 is 1.37 bits per heavy atom. The number of nitrogens with one attached hydrogen (secondary N) is 2. The van der Waals surface area contributed by atoms with Crippen molar-refractivity contribution in [3.05, 3.63) is 53.3 Å². The molecule has 0 aliphatic carbocycles. The first kappa shape index (κ1) is 13.3. The number of H-pyrrole nitrogens is 1. The standard InChI is InChI=1S/C15H19N3O/c1-11(13-6-4-3-5-7-13)8-9-16-15(19)14-10-17-18-12(14)2/h3-7,10-11H,8-9H2,1-2H3,(H,16,19)(H,17,18). The van der Waals surface area contributed by atoms with Crippen molar-refractivity contribution in [2.45, 2.75) is 26.2 Å². The molecule has 4 heteroatoms. The summed E-state index contributed by atoms with van der Waals surface area (Å²) in [5, 5.41) is 9.54. The Hall–Kier alpha value is -2.10. The Labute approximate surface area is 113 Å². The molecule has 1 atom stereocenters. The van der Waals surface area contributed by atoms with E-state index >= 15 is 0 Å². The van der Waals surface area contributed by atoms with E-state index in [0.29, 0.717) is 18.0 Å². The number of hydrogen-bond acceptors (Lipinski definition) is 2. The number of carbonyl (C=O) groups is 1. The molecule has 100 valence electrons. The highest BCUT2D eigenvalue weighted by molar-refractivity contribution is 5.94. The van der Waals surface area contributed by atoms with Gasteiger partial charge in [-0.1, -0.05) is 37.3 Å². The van der Waals surface area contributed by atoms with E-state index in [1.807, 2.05) is 25.1 Å². The van der Waals surface area contributed by atoms with E-state index in [4.69, 9.17) is 0 Å². The summed E-state index contributed by atoms with van der Waals surface area (Å²) in [5.74, 6) is 0.374. The molecule has 0 saturated heterocycles. The third-order valence-corrected chi connectivity index (χ3v) is 3.31. The van der Waals surface area contributed by atoms with E-state index in [2.05, 4.69) is 34.6 Å². The Morgan fingerprint density at radius 2 is 2.11 bits per heavy atom. The fourth-order valence-corrected chi connectivity index (χ4v) is 2.03. The van der Waals surface area contributed by atoms with Crippen molar-refractivity contribution in [2.75, 3.05) is 6.54 Å². The van der Waals surface area contributed by atoms with Crippen molar-refractivity contribution in [1.29, 1.82) is 0 Å². The summed E-state index contributed by atoms with van der Waals surface area (Å²) in [7, 11) is 0. The molecule has 0 spiro atoms. The normalized spacial score (nSPS) is 12.1. The summed E-state index contributed by atoms with van der Waals surface area (Å²) in [5.41, 5.74) is 2.72. The average molecular weight is 257 g/mol. The highest BCUT2D eigenvalue weighted by Crippen LogP contribution is 2.17. The Morgan fingerprint density at radius 3 is 2.74 bits per heavy atom. The van der Waals surface area contributed by atoms with Crippen LogP contribution in [0.2, 0.25) is 0 Å². The van der Waals surface area contributed by atoms with Gasteiger partial charge in [-0.2, -0.15) is 5.10 Å². The monoisotopic (exact) mass is 257 g/mol. The number of aromatic nitrogens is 2. The van der Waals surface area contributed by atoms with E-state index in [9.17, 15) is 4.79 Å². The first-order chi connectivity index (χ1) is 9.18. The first-order valence-electron chi connectivity index (χ1n) is 6.51. The van der Waals surface area contributed by atoms with Crippen LogP contribution >= 0.6 is 0 Å². The number of aromatic amines is 1. The number of carbonyl (C=O) groups excluding carboxylic acids is 1.